The number of hydrogen-bond acceptors (Lipinski definition) is 4. The Labute approximate surface area is 85.8 Å². The van der Waals surface area contributed by atoms with E-state index in [2.05, 4.69) is 13.8 Å². The second kappa shape index (κ2) is 9.40. The van der Waals surface area contributed by atoms with E-state index in [0.29, 0.717) is 38.3 Å². The first-order valence-corrected chi connectivity index (χ1v) is 5.09. The van der Waals surface area contributed by atoms with Gasteiger partial charge in [-0.1, -0.05) is 13.8 Å². The topological polar surface area (TPSA) is 58.9 Å². The van der Waals surface area contributed by atoms with Crippen molar-refractivity contribution in [1.82, 2.24) is 0 Å². The van der Waals surface area contributed by atoms with Gasteiger partial charge in [0.1, 0.15) is 0 Å². The molecule has 0 radical (unpaired) electrons. The Kier molecular flexibility index (Phi) is 9.29. The number of aliphatic hydroxyl groups is 2. The fraction of sp³-hybridized carbons (Fsp3) is 1.00. The number of hydrogen-bond donors (Lipinski definition) is 2. The first-order chi connectivity index (χ1) is 6.72. The molecule has 2 N–H and O–H groups in total. The SMILES string of the molecule is CC(COCCO)C(C)COCCO. The summed E-state index contributed by atoms with van der Waals surface area (Å²) in [6.07, 6.45) is 0. The highest BCUT2D eigenvalue weighted by Crippen LogP contribution is 2.11. The summed E-state index contributed by atoms with van der Waals surface area (Å²) in [6.45, 7) is 6.40. The van der Waals surface area contributed by atoms with Crippen molar-refractivity contribution in [2.75, 3.05) is 39.6 Å². The fourth-order valence-corrected chi connectivity index (χ4v) is 0.996. The predicted molar refractivity (Wildman–Crippen MR) is 54.1 cm³/mol. The van der Waals surface area contributed by atoms with Gasteiger partial charge < -0.3 is 19.7 Å². The Morgan fingerprint density at radius 3 is 1.50 bits per heavy atom. The van der Waals surface area contributed by atoms with Gasteiger partial charge in [-0.2, -0.15) is 0 Å². The van der Waals surface area contributed by atoms with Crippen molar-refractivity contribution in [3.05, 3.63) is 0 Å². The Morgan fingerprint density at radius 1 is 0.857 bits per heavy atom. The van der Waals surface area contributed by atoms with Crippen LogP contribution in [0.25, 0.3) is 0 Å². The third kappa shape index (κ3) is 7.26. The average molecular weight is 206 g/mol. The van der Waals surface area contributed by atoms with Crippen LogP contribution < -0.4 is 0 Å². The van der Waals surface area contributed by atoms with Gasteiger partial charge in [-0.05, 0) is 11.8 Å². The lowest BCUT2D eigenvalue weighted by Crippen LogP contribution is -2.21. The van der Waals surface area contributed by atoms with Crippen LogP contribution in [0.4, 0.5) is 0 Å². The molecular formula is C10H22O4. The normalized spacial score (nSPS) is 15.4. The molecule has 2 unspecified atom stereocenters. The summed E-state index contributed by atoms with van der Waals surface area (Å²) < 4.78 is 10.4. The molecule has 0 amide bonds. The summed E-state index contributed by atoms with van der Waals surface area (Å²) in [5.74, 6) is 0.806. The molecule has 0 bridgehead atoms. The first kappa shape index (κ1) is 13.8. The summed E-state index contributed by atoms with van der Waals surface area (Å²) >= 11 is 0. The Hall–Kier alpha value is -0.160. The van der Waals surface area contributed by atoms with Crippen LogP contribution in [-0.4, -0.2) is 49.9 Å². The summed E-state index contributed by atoms with van der Waals surface area (Å²) in [4.78, 5) is 0. The second-order valence-electron chi connectivity index (χ2n) is 3.55. The number of aliphatic hydroxyl groups excluding tert-OH is 2. The van der Waals surface area contributed by atoms with Crippen LogP contribution >= 0.6 is 0 Å². The fourth-order valence-electron chi connectivity index (χ4n) is 0.996. The van der Waals surface area contributed by atoms with E-state index in [1.165, 1.54) is 0 Å². The molecule has 0 aromatic heterocycles. The Balaban J connectivity index is 3.39. The highest BCUT2D eigenvalue weighted by Gasteiger charge is 2.12. The van der Waals surface area contributed by atoms with Crippen LogP contribution in [0.1, 0.15) is 13.8 Å². The van der Waals surface area contributed by atoms with Gasteiger partial charge in [0.05, 0.1) is 26.4 Å². The highest BCUT2D eigenvalue weighted by atomic mass is 16.5. The van der Waals surface area contributed by atoms with Crippen LogP contribution in [0.5, 0.6) is 0 Å². The maximum atomic E-state index is 8.51. The molecule has 0 aromatic carbocycles. The number of ether oxygens (including phenoxy) is 2. The minimum atomic E-state index is 0.0715. The van der Waals surface area contributed by atoms with E-state index in [1.54, 1.807) is 0 Å². The minimum Gasteiger partial charge on any atom is -0.394 e. The van der Waals surface area contributed by atoms with Crippen molar-refractivity contribution >= 4 is 0 Å². The van der Waals surface area contributed by atoms with Gasteiger partial charge in [0.15, 0.2) is 0 Å². The van der Waals surface area contributed by atoms with Gasteiger partial charge in [0, 0.05) is 13.2 Å². The lowest BCUT2D eigenvalue weighted by atomic mass is 9.98. The van der Waals surface area contributed by atoms with Crippen molar-refractivity contribution in [2.45, 2.75) is 13.8 Å². The zero-order valence-corrected chi connectivity index (χ0v) is 9.11. The molecular weight excluding hydrogens is 184 g/mol. The largest absolute Gasteiger partial charge is 0.394 e. The molecule has 4 nitrogen and oxygen atoms in total. The second-order valence-corrected chi connectivity index (χ2v) is 3.55. The molecule has 0 saturated heterocycles. The summed E-state index contributed by atoms with van der Waals surface area (Å²) in [6, 6.07) is 0. The maximum Gasteiger partial charge on any atom is 0.0697 e. The van der Waals surface area contributed by atoms with Crippen molar-refractivity contribution in [3.8, 4) is 0 Å². The molecule has 14 heavy (non-hydrogen) atoms. The van der Waals surface area contributed by atoms with Crippen molar-refractivity contribution in [1.29, 1.82) is 0 Å². The molecule has 0 aliphatic carbocycles. The van der Waals surface area contributed by atoms with Crippen LogP contribution in [0.3, 0.4) is 0 Å². The van der Waals surface area contributed by atoms with Crippen LogP contribution in [0.2, 0.25) is 0 Å². The van der Waals surface area contributed by atoms with Gasteiger partial charge in [-0.3, -0.25) is 0 Å². The molecule has 2 atom stereocenters. The molecule has 0 aromatic rings. The zero-order valence-electron chi connectivity index (χ0n) is 9.11. The van der Waals surface area contributed by atoms with Crippen molar-refractivity contribution < 1.29 is 19.7 Å². The van der Waals surface area contributed by atoms with E-state index >= 15 is 0 Å². The van der Waals surface area contributed by atoms with E-state index in [-0.39, 0.29) is 13.2 Å². The van der Waals surface area contributed by atoms with E-state index in [9.17, 15) is 0 Å². The molecule has 0 spiro atoms. The third-order valence-electron chi connectivity index (χ3n) is 2.20. The highest BCUT2D eigenvalue weighted by molar-refractivity contribution is 4.60. The minimum absolute atomic E-state index is 0.0715. The molecule has 0 rings (SSSR count). The lowest BCUT2D eigenvalue weighted by Gasteiger charge is -2.19. The Morgan fingerprint density at radius 2 is 1.21 bits per heavy atom. The van der Waals surface area contributed by atoms with Gasteiger partial charge in [-0.25, -0.2) is 0 Å². The third-order valence-corrected chi connectivity index (χ3v) is 2.20. The number of rotatable bonds is 9. The molecule has 0 fully saturated rings. The lowest BCUT2D eigenvalue weighted by molar-refractivity contribution is 0.0236. The van der Waals surface area contributed by atoms with Gasteiger partial charge in [0.2, 0.25) is 0 Å². The summed E-state index contributed by atoms with van der Waals surface area (Å²) in [5.41, 5.74) is 0. The predicted octanol–water partition coefficient (Wildman–Crippen LogP) is 0.276. The van der Waals surface area contributed by atoms with Crippen LogP contribution in [-0.2, 0) is 9.47 Å². The van der Waals surface area contributed by atoms with Crippen molar-refractivity contribution in [3.63, 3.8) is 0 Å². The summed E-state index contributed by atoms with van der Waals surface area (Å²) in [7, 11) is 0. The monoisotopic (exact) mass is 206 g/mol. The van der Waals surface area contributed by atoms with E-state index in [4.69, 9.17) is 19.7 Å². The maximum absolute atomic E-state index is 8.51. The van der Waals surface area contributed by atoms with Gasteiger partial charge in [-0.15, -0.1) is 0 Å². The van der Waals surface area contributed by atoms with Gasteiger partial charge in [0.25, 0.3) is 0 Å². The molecule has 0 aliphatic rings. The van der Waals surface area contributed by atoms with Gasteiger partial charge >= 0.3 is 0 Å². The smallest absolute Gasteiger partial charge is 0.0697 e. The molecule has 86 valence electrons. The molecule has 0 saturated carbocycles. The standard InChI is InChI=1S/C10H22O4/c1-9(7-13-5-3-11)10(2)8-14-6-4-12/h9-12H,3-8H2,1-2H3. The summed E-state index contributed by atoms with van der Waals surface area (Å²) in [5, 5.41) is 17.0. The Bertz CT molecular complexity index is 105. The van der Waals surface area contributed by atoms with E-state index in [0.717, 1.165) is 0 Å². The van der Waals surface area contributed by atoms with Crippen molar-refractivity contribution in [2.24, 2.45) is 11.8 Å². The first-order valence-electron chi connectivity index (χ1n) is 5.09. The van der Waals surface area contributed by atoms with E-state index < -0.39 is 0 Å². The van der Waals surface area contributed by atoms with E-state index in [1.807, 2.05) is 0 Å². The molecule has 0 aliphatic heterocycles. The van der Waals surface area contributed by atoms with Crippen LogP contribution in [0.15, 0.2) is 0 Å². The average Bonchev–Trinajstić information content (AvgIpc) is 2.18. The van der Waals surface area contributed by atoms with Crippen LogP contribution in [0, 0.1) is 11.8 Å². The zero-order chi connectivity index (χ0) is 10.8. The molecule has 0 heterocycles. The molecule has 4 heteroatoms. The quantitative estimate of drug-likeness (QED) is 0.532.